The third-order valence-corrected chi connectivity index (χ3v) is 6.21. The van der Waals surface area contributed by atoms with E-state index in [4.69, 9.17) is 9.98 Å². The van der Waals surface area contributed by atoms with Gasteiger partial charge in [-0.1, -0.05) is 0 Å². The Balaban J connectivity index is 1.39. The second-order valence-corrected chi connectivity index (χ2v) is 8.74. The van der Waals surface area contributed by atoms with E-state index in [1.165, 1.54) is 0 Å². The Morgan fingerprint density at radius 2 is 1.94 bits per heavy atom. The van der Waals surface area contributed by atoms with Crippen molar-refractivity contribution >= 4 is 23.4 Å². The number of carbonyl (C=O) groups is 1. The summed E-state index contributed by atoms with van der Waals surface area (Å²) in [5.74, 6) is 1.08. The molecule has 3 aromatic rings. The SMILES string of the molecule is O=C(C1CC1)N1CCN(c2cc(=NC3CC3)n3ncc(=Cc4[nH]c(=O)[nH]c4O)c3n2)CC1. The third kappa shape index (κ3) is 3.53. The zero-order valence-corrected chi connectivity index (χ0v) is 17.5. The molecule has 11 heteroatoms. The predicted molar refractivity (Wildman–Crippen MR) is 115 cm³/mol. The summed E-state index contributed by atoms with van der Waals surface area (Å²) in [6.07, 6.45) is 7.46. The molecule has 1 aliphatic heterocycles. The van der Waals surface area contributed by atoms with Crippen molar-refractivity contribution in [2.75, 3.05) is 31.1 Å². The fourth-order valence-electron chi connectivity index (χ4n) is 4.09. The maximum absolute atomic E-state index is 12.4. The Labute approximate surface area is 182 Å². The normalized spacial score (nSPS) is 20.5. The number of rotatable bonds is 4. The lowest BCUT2D eigenvalue weighted by atomic mass is 10.2. The maximum atomic E-state index is 12.4. The molecule has 0 aromatic carbocycles. The number of hydrogen-bond donors (Lipinski definition) is 3. The Morgan fingerprint density at radius 1 is 1.16 bits per heavy atom. The number of aromatic hydroxyl groups is 1. The van der Waals surface area contributed by atoms with Crippen LogP contribution in [0.2, 0.25) is 0 Å². The number of hydrogen-bond acceptors (Lipinski definition) is 7. The van der Waals surface area contributed by atoms with Gasteiger partial charge in [0.05, 0.1) is 12.2 Å². The van der Waals surface area contributed by atoms with Crippen molar-refractivity contribution in [2.24, 2.45) is 10.9 Å². The molecule has 3 N–H and O–H groups in total. The lowest BCUT2D eigenvalue weighted by molar-refractivity contribution is -0.132. The zero-order valence-electron chi connectivity index (χ0n) is 17.5. The van der Waals surface area contributed by atoms with Gasteiger partial charge in [-0.3, -0.25) is 14.8 Å². The highest BCUT2D eigenvalue weighted by Crippen LogP contribution is 2.31. The van der Waals surface area contributed by atoms with Crippen molar-refractivity contribution in [3.05, 3.63) is 39.1 Å². The van der Waals surface area contributed by atoms with Crippen molar-refractivity contribution in [1.29, 1.82) is 0 Å². The molecule has 2 aliphatic carbocycles. The number of piperazine rings is 1. The zero-order chi connectivity index (χ0) is 21.8. The van der Waals surface area contributed by atoms with E-state index >= 15 is 0 Å². The highest BCUT2D eigenvalue weighted by molar-refractivity contribution is 5.81. The van der Waals surface area contributed by atoms with Crippen molar-refractivity contribution < 1.29 is 9.90 Å². The number of H-pyrrole nitrogens is 2. The summed E-state index contributed by atoms with van der Waals surface area (Å²) in [7, 11) is 0. The van der Waals surface area contributed by atoms with Crippen LogP contribution < -0.4 is 21.3 Å². The first-order chi connectivity index (χ1) is 15.5. The Bertz CT molecular complexity index is 1370. The molecular formula is C21H24N8O3. The summed E-state index contributed by atoms with van der Waals surface area (Å²) in [5, 5.41) is 15.0. The molecule has 6 rings (SSSR count). The molecule has 166 valence electrons. The van der Waals surface area contributed by atoms with Gasteiger partial charge in [0.25, 0.3) is 0 Å². The van der Waals surface area contributed by atoms with Crippen LogP contribution in [0.1, 0.15) is 31.4 Å². The van der Waals surface area contributed by atoms with E-state index in [1.54, 1.807) is 16.8 Å². The van der Waals surface area contributed by atoms with Crippen LogP contribution in [0, 0.1) is 5.92 Å². The van der Waals surface area contributed by atoms with Crippen LogP contribution >= 0.6 is 0 Å². The number of fused-ring (bicyclic) bond motifs is 1. The van der Waals surface area contributed by atoms with Gasteiger partial charge in [0, 0.05) is 43.4 Å². The summed E-state index contributed by atoms with van der Waals surface area (Å²) in [4.78, 5) is 42.5. The monoisotopic (exact) mass is 436 g/mol. The van der Waals surface area contributed by atoms with Gasteiger partial charge in [-0.15, -0.1) is 0 Å². The second kappa shape index (κ2) is 7.21. The van der Waals surface area contributed by atoms with Gasteiger partial charge in [0.2, 0.25) is 11.8 Å². The van der Waals surface area contributed by atoms with Gasteiger partial charge < -0.3 is 19.9 Å². The maximum Gasteiger partial charge on any atom is 0.326 e. The van der Waals surface area contributed by atoms with Crippen LogP contribution in [-0.2, 0) is 4.79 Å². The molecule has 0 spiro atoms. The molecule has 11 nitrogen and oxygen atoms in total. The number of aromatic nitrogens is 5. The lowest BCUT2D eigenvalue weighted by Crippen LogP contribution is -2.49. The molecule has 0 bridgehead atoms. The summed E-state index contributed by atoms with van der Waals surface area (Å²) in [6.45, 7) is 2.80. The first-order valence-corrected chi connectivity index (χ1v) is 11.0. The van der Waals surface area contributed by atoms with Crippen LogP contribution in [-0.4, -0.2) is 72.7 Å². The first kappa shape index (κ1) is 19.1. The fourth-order valence-corrected chi connectivity index (χ4v) is 4.09. The molecule has 3 fully saturated rings. The van der Waals surface area contributed by atoms with Gasteiger partial charge >= 0.3 is 5.69 Å². The van der Waals surface area contributed by atoms with Crippen LogP contribution in [0.3, 0.4) is 0 Å². The summed E-state index contributed by atoms with van der Waals surface area (Å²) < 4.78 is 1.70. The average molecular weight is 436 g/mol. The number of amides is 1. The van der Waals surface area contributed by atoms with Crippen molar-refractivity contribution in [1.82, 2.24) is 29.5 Å². The van der Waals surface area contributed by atoms with Gasteiger partial charge in [-0.25, -0.2) is 9.78 Å². The van der Waals surface area contributed by atoms with Crippen LogP contribution in [0.15, 0.2) is 22.1 Å². The quantitative estimate of drug-likeness (QED) is 0.486. The van der Waals surface area contributed by atoms with Crippen LogP contribution in [0.25, 0.3) is 11.7 Å². The molecule has 0 unspecified atom stereocenters. The minimum Gasteiger partial charge on any atom is -0.493 e. The molecule has 4 heterocycles. The molecule has 3 aliphatic rings. The van der Waals surface area contributed by atoms with Crippen molar-refractivity contribution in [2.45, 2.75) is 31.7 Å². The smallest absolute Gasteiger partial charge is 0.326 e. The van der Waals surface area contributed by atoms with Crippen molar-refractivity contribution in [3.8, 4) is 5.88 Å². The van der Waals surface area contributed by atoms with Crippen LogP contribution in [0.4, 0.5) is 5.82 Å². The molecule has 0 radical (unpaired) electrons. The molecular weight excluding hydrogens is 412 g/mol. The second-order valence-electron chi connectivity index (χ2n) is 8.74. The Kier molecular flexibility index (Phi) is 4.30. The summed E-state index contributed by atoms with van der Waals surface area (Å²) in [5.41, 5.74) is 1.11. The third-order valence-electron chi connectivity index (χ3n) is 6.21. The van der Waals surface area contributed by atoms with E-state index in [2.05, 4.69) is 20.0 Å². The summed E-state index contributed by atoms with van der Waals surface area (Å²) in [6, 6.07) is 2.26. The summed E-state index contributed by atoms with van der Waals surface area (Å²) >= 11 is 0. The number of nitrogens with zero attached hydrogens (tertiary/aromatic N) is 6. The molecule has 1 amide bonds. The van der Waals surface area contributed by atoms with E-state index in [0.29, 0.717) is 43.1 Å². The largest absolute Gasteiger partial charge is 0.493 e. The van der Waals surface area contributed by atoms with E-state index in [1.807, 2.05) is 11.0 Å². The predicted octanol–water partition coefficient (Wildman–Crippen LogP) is -0.879. The number of aromatic amines is 2. The van der Waals surface area contributed by atoms with Gasteiger partial charge in [0.15, 0.2) is 11.1 Å². The number of carbonyl (C=O) groups excluding carboxylic acids is 1. The fraction of sp³-hybridized carbons (Fsp3) is 0.476. The minimum atomic E-state index is -0.484. The van der Waals surface area contributed by atoms with E-state index in [0.717, 1.165) is 37.0 Å². The molecule has 2 saturated carbocycles. The average Bonchev–Trinajstić information content (AvgIpc) is 3.71. The minimum absolute atomic E-state index is 0.232. The van der Waals surface area contributed by atoms with E-state index < -0.39 is 5.69 Å². The molecule has 32 heavy (non-hydrogen) atoms. The molecule has 0 atom stereocenters. The van der Waals surface area contributed by atoms with E-state index in [-0.39, 0.29) is 23.4 Å². The van der Waals surface area contributed by atoms with Gasteiger partial charge in [-0.05, 0) is 31.8 Å². The van der Waals surface area contributed by atoms with E-state index in [9.17, 15) is 14.7 Å². The number of imidazole rings is 1. The standard InChI is InChI=1S/C21H24N8O3/c30-19-15(24-21(32)26-19)9-13-11-22-29-17(23-14-3-4-14)10-16(25-18(13)29)27-5-7-28(8-6-27)20(31)12-1-2-12/h9-12,14,30H,1-8H2,(H2,24,26,32). The molecule has 1 saturated heterocycles. The highest BCUT2D eigenvalue weighted by atomic mass is 16.3. The van der Waals surface area contributed by atoms with Gasteiger partial charge in [-0.2, -0.15) is 9.61 Å². The van der Waals surface area contributed by atoms with Crippen molar-refractivity contribution in [3.63, 3.8) is 0 Å². The van der Waals surface area contributed by atoms with Crippen LogP contribution in [0.5, 0.6) is 5.88 Å². The van der Waals surface area contributed by atoms with Gasteiger partial charge in [0.1, 0.15) is 11.5 Å². The lowest BCUT2D eigenvalue weighted by Gasteiger charge is -2.35. The first-order valence-electron chi connectivity index (χ1n) is 11.0. The number of nitrogens with one attached hydrogen (secondary N) is 2. The Hall–Kier alpha value is -3.63. The molecule has 3 aromatic heterocycles. The highest BCUT2D eigenvalue weighted by Gasteiger charge is 2.34. The topological polar surface area (TPSA) is 135 Å². The Morgan fingerprint density at radius 3 is 2.59 bits per heavy atom. The number of anilines is 1.